The van der Waals surface area contributed by atoms with Crippen LogP contribution in [0.25, 0.3) is 10.8 Å². The summed E-state index contributed by atoms with van der Waals surface area (Å²) in [7, 11) is -4.47. The Bertz CT molecular complexity index is 543. The predicted molar refractivity (Wildman–Crippen MR) is 57.7 cm³/mol. The summed E-state index contributed by atoms with van der Waals surface area (Å²) < 4.78 is 15.1. The van der Waals surface area contributed by atoms with Crippen molar-refractivity contribution in [3.8, 4) is 5.75 Å². The molecule has 0 aliphatic rings. The number of benzene rings is 2. The maximum absolute atomic E-state index is 10.6. The number of hydrogen-bond acceptors (Lipinski definition) is 2. The van der Waals surface area contributed by atoms with Gasteiger partial charge in [-0.2, -0.15) is 0 Å². The van der Waals surface area contributed by atoms with E-state index in [0.717, 1.165) is 10.8 Å². The van der Waals surface area contributed by atoms with Gasteiger partial charge >= 0.3 is 37.4 Å². The van der Waals surface area contributed by atoms with Crippen molar-refractivity contribution in [2.45, 2.75) is 0 Å². The van der Waals surface area contributed by atoms with Gasteiger partial charge in [0.25, 0.3) is 0 Å². The normalized spacial score (nSPS) is 10.9. The second-order valence-electron chi connectivity index (χ2n) is 3.09. The molecule has 2 aromatic rings. The van der Waals surface area contributed by atoms with Crippen LogP contribution >= 0.6 is 7.82 Å². The van der Waals surface area contributed by atoms with Crippen LogP contribution in [0.2, 0.25) is 0 Å². The molecule has 2 aromatic carbocycles. The number of phosphoric acid groups is 1. The first-order chi connectivity index (χ1) is 7.04. The molecule has 0 aliphatic carbocycles. The van der Waals surface area contributed by atoms with Crippen molar-refractivity contribution in [3.63, 3.8) is 0 Å². The molecule has 0 fully saturated rings. The van der Waals surface area contributed by atoms with E-state index in [9.17, 15) is 4.57 Å². The minimum absolute atomic E-state index is 0. The summed E-state index contributed by atoms with van der Waals surface area (Å²) in [6.45, 7) is 0. The van der Waals surface area contributed by atoms with E-state index < -0.39 is 7.82 Å². The van der Waals surface area contributed by atoms with Crippen LogP contribution < -0.4 is 34.1 Å². The van der Waals surface area contributed by atoms with E-state index in [2.05, 4.69) is 4.52 Å². The van der Waals surface area contributed by atoms with Gasteiger partial charge in [0.1, 0.15) is 5.75 Å². The van der Waals surface area contributed by atoms with E-state index in [1.807, 2.05) is 24.3 Å². The minimum Gasteiger partial charge on any atom is -1.00 e. The zero-order chi connectivity index (χ0) is 10.9. The zero-order valence-corrected chi connectivity index (χ0v) is 11.6. The molecular formula is C10H10NaO4P. The van der Waals surface area contributed by atoms with Crippen molar-refractivity contribution in [2.24, 2.45) is 0 Å². The van der Waals surface area contributed by atoms with Gasteiger partial charge in [0.15, 0.2) is 0 Å². The third kappa shape index (κ3) is 3.59. The van der Waals surface area contributed by atoms with E-state index in [1.165, 1.54) is 6.07 Å². The molecule has 6 heteroatoms. The molecule has 0 saturated heterocycles. The van der Waals surface area contributed by atoms with Gasteiger partial charge in [0, 0.05) is 0 Å². The van der Waals surface area contributed by atoms with Crippen molar-refractivity contribution in [3.05, 3.63) is 42.5 Å². The smallest absolute Gasteiger partial charge is 1.00 e. The predicted octanol–water partition coefficient (Wildman–Crippen LogP) is -0.572. The third-order valence-corrected chi connectivity index (χ3v) is 2.39. The molecule has 2 rings (SSSR count). The fourth-order valence-corrected chi connectivity index (χ4v) is 1.75. The van der Waals surface area contributed by atoms with Crippen molar-refractivity contribution in [1.82, 2.24) is 0 Å². The SMILES string of the molecule is O=P(O)(O)Oc1ccc2ccccc2c1.[H-].[Na+]. The number of phosphoric ester groups is 1. The third-order valence-electron chi connectivity index (χ3n) is 1.95. The van der Waals surface area contributed by atoms with Crippen molar-refractivity contribution in [1.29, 1.82) is 0 Å². The van der Waals surface area contributed by atoms with Gasteiger partial charge in [-0.3, -0.25) is 9.79 Å². The largest absolute Gasteiger partial charge is 1.00 e. The summed E-state index contributed by atoms with van der Waals surface area (Å²) in [5.74, 6) is 0.169. The second-order valence-corrected chi connectivity index (χ2v) is 4.25. The molecule has 0 spiro atoms. The van der Waals surface area contributed by atoms with E-state index >= 15 is 0 Å². The standard InChI is InChI=1S/C10H9O4P.Na.H/c11-15(12,13)14-10-6-5-8-3-1-2-4-9(8)7-10;;/h1-7H,(H2,11,12,13);;/q;+1;-1. The van der Waals surface area contributed by atoms with E-state index in [-0.39, 0.29) is 36.7 Å². The van der Waals surface area contributed by atoms with E-state index in [4.69, 9.17) is 9.79 Å². The number of hydrogen-bond donors (Lipinski definition) is 2. The van der Waals surface area contributed by atoms with Crippen LogP contribution in [0.3, 0.4) is 0 Å². The molecule has 0 bridgehead atoms. The van der Waals surface area contributed by atoms with Gasteiger partial charge < -0.3 is 5.95 Å². The Kier molecular flexibility index (Phi) is 4.56. The summed E-state index contributed by atoms with van der Waals surface area (Å²) >= 11 is 0. The monoisotopic (exact) mass is 248 g/mol. The molecule has 0 atom stereocenters. The number of fused-ring (bicyclic) bond motifs is 1. The Labute approximate surface area is 116 Å². The Morgan fingerprint density at radius 1 is 1.06 bits per heavy atom. The topological polar surface area (TPSA) is 66.8 Å². The first-order valence-corrected chi connectivity index (χ1v) is 5.81. The second kappa shape index (κ2) is 5.32. The van der Waals surface area contributed by atoms with Crippen LogP contribution in [0.15, 0.2) is 42.5 Å². The van der Waals surface area contributed by atoms with Gasteiger partial charge in [-0.1, -0.05) is 30.3 Å². The van der Waals surface area contributed by atoms with Gasteiger partial charge in [0.2, 0.25) is 0 Å². The molecule has 0 amide bonds. The Morgan fingerprint density at radius 3 is 2.31 bits per heavy atom. The molecule has 16 heavy (non-hydrogen) atoms. The summed E-state index contributed by atoms with van der Waals surface area (Å²) in [5, 5.41) is 1.87. The summed E-state index contributed by atoms with van der Waals surface area (Å²) in [5.41, 5.74) is 0. The molecular weight excluding hydrogens is 238 g/mol. The average Bonchev–Trinajstić information content (AvgIpc) is 2.15. The zero-order valence-electron chi connectivity index (χ0n) is 9.70. The minimum atomic E-state index is -4.47. The van der Waals surface area contributed by atoms with Crippen LogP contribution in [0.5, 0.6) is 5.75 Å². The maximum Gasteiger partial charge on any atom is 1.00 e. The van der Waals surface area contributed by atoms with Gasteiger partial charge in [-0.15, -0.1) is 0 Å². The molecule has 80 valence electrons. The van der Waals surface area contributed by atoms with Crippen LogP contribution in [-0.2, 0) is 4.57 Å². The average molecular weight is 248 g/mol. The molecule has 0 aromatic heterocycles. The van der Waals surface area contributed by atoms with E-state index in [0.29, 0.717) is 0 Å². The molecule has 0 radical (unpaired) electrons. The molecule has 0 saturated carbocycles. The van der Waals surface area contributed by atoms with Crippen molar-refractivity contribution >= 4 is 18.6 Å². The quantitative estimate of drug-likeness (QED) is 0.551. The van der Waals surface area contributed by atoms with Gasteiger partial charge in [0.05, 0.1) is 0 Å². The molecule has 0 unspecified atom stereocenters. The summed E-state index contributed by atoms with van der Waals surface area (Å²) in [6, 6.07) is 12.4. The van der Waals surface area contributed by atoms with Crippen LogP contribution in [0, 0.1) is 0 Å². The van der Waals surface area contributed by atoms with Crippen molar-refractivity contribution < 1.29 is 49.9 Å². The molecule has 4 nitrogen and oxygen atoms in total. The molecule has 0 aliphatic heterocycles. The Morgan fingerprint density at radius 2 is 1.69 bits per heavy atom. The van der Waals surface area contributed by atoms with Crippen molar-refractivity contribution in [2.75, 3.05) is 0 Å². The van der Waals surface area contributed by atoms with Crippen LogP contribution in [-0.4, -0.2) is 9.79 Å². The first-order valence-electron chi connectivity index (χ1n) is 4.28. The van der Waals surface area contributed by atoms with Crippen LogP contribution in [0.1, 0.15) is 1.43 Å². The summed E-state index contributed by atoms with van der Waals surface area (Å²) in [4.78, 5) is 17.3. The Hall–Kier alpha value is -0.350. The van der Waals surface area contributed by atoms with Crippen LogP contribution in [0.4, 0.5) is 0 Å². The Balaban J connectivity index is 0.00000128. The fraction of sp³-hybridized carbons (Fsp3) is 0. The molecule has 0 heterocycles. The molecule has 2 N–H and O–H groups in total. The first kappa shape index (κ1) is 13.7. The van der Waals surface area contributed by atoms with Gasteiger partial charge in [-0.05, 0) is 22.9 Å². The fourth-order valence-electron chi connectivity index (χ4n) is 1.36. The maximum atomic E-state index is 10.6. The van der Waals surface area contributed by atoms with E-state index in [1.54, 1.807) is 12.1 Å². The van der Waals surface area contributed by atoms with Gasteiger partial charge in [-0.25, -0.2) is 4.57 Å². The number of rotatable bonds is 2. The summed E-state index contributed by atoms with van der Waals surface area (Å²) in [6.07, 6.45) is 0.